The summed E-state index contributed by atoms with van der Waals surface area (Å²) < 4.78 is 29.1. The molecule has 0 aromatic heterocycles. The van der Waals surface area contributed by atoms with Crippen molar-refractivity contribution in [1.82, 2.24) is 0 Å². The quantitative estimate of drug-likeness (QED) is 0.609. The molecule has 0 heterocycles. The molecule has 0 aromatic rings. The second-order valence-corrected chi connectivity index (χ2v) is 4.30. The molecule has 0 aliphatic carbocycles. The Morgan fingerprint density at radius 2 is 2.00 bits per heavy atom. The van der Waals surface area contributed by atoms with Crippen molar-refractivity contribution >= 4 is 10.1 Å². The molecule has 2 atom stereocenters. The smallest absolute Gasteiger partial charge is 0.266 e. The number of hydrogen-bond donors (Lipinski definition) is 2. The minimum atomic E-state index is -3.90. The SMILES string of the molecule is CCC(C)C(N)CS(=O)(=O)O. The molecular formula is C6H15NO3S. The average Bonchev–Trinajstić information content (AvgIpc) is 1.82. The van der Waals surface area contributed by atoms with E-state index in [4.69, 9.17) is 10.3 Å². The van der Waals surface area contributed by atoms with Crippen LogP contribution in [0.3, 0.4) is 0 Å². The maximum absolute atomic E-state index is 10.3. The van der Waals surface area contributed by atoms with Crippen molar-refractivity contribution in [2.24, 2.45) is 11.7 Å². The molecule has 0 saturated heterocycles. The zero-order valence-electron chi connectivity index (χ0n) is 6.82. The van der Waals surface area contributed by atoms with Crippen LogP contribution in [0.25, 0.3) is 0 Å². The Morgan fingerprint density at radius 1 is 1.55 bits per heavy atom. The van der Waals surface area contributed by atoms with Gasteiger partial charge in [-0.15, -0.1) is 0 Å². The van der Waals surface area contributed by atoms with E-state index in [2.05, 4.69) is 0 Å². The molecule has 3 N–H and O–H groups in total. The van der Waals surface area contributed by atoms with E-state index in [1.165, 1.54) is 0 Å². The van der Waals surface area contributed by atoms with Crippen LogP contribution >= 0.6 is 0 Å². The lowest BCUT2D eigenvalue weighted by Crippen LogP contribution is -2.35. The fourth-order valence-corrected chi connectivity index (χ4v) is 1.53. The van der Waals surface area contributed by atoms with Crippen LogP contribution in [0.1, 0.15) is 20.3 Å². The lowest BCUT2D eigenvalue weighted by Gasteiger charge is -2.15. The van der Waals surface area contributed by atoms with Crippen molar-refractivity contribution in [1.29, 1.82) is 0 Å². The van der Waals surface area contributed by atoms with E-state index in [9.17, 15) is 8.42 Å². The summed E-state index contributed by atoms with van der Waals surface area (Å²) in [4.78, 5) is 0. The normalized spacial score (nSPS) is 17.8. The van der Waals surface area contributed by atoms with E-state index in [0.29, 0.717) is 0 Å². The first-order chi connectivity index (χ1) is 4.87. The van der Waals surface area contributed by atoms with E-state index in [-0.39, 0.29) is 11.7 Å². The molecule has 0 bridgehead atoms. The van der Waals surface area contributed by atoms with Gasteiger partial charge in [0.1, 0.15) is 0 Å². The molecule has 4 nitrogen and oxygen atoms in total. The number of nitrogens with two attached hydrogens (primary N) is 1. The summed E-state index contributed by atoms with van der Waals surface area (Å²) in [7, 11) is -3.90. The van der Waals surface area contributed by atoms with Crippen molar-refractivity contribution in [2.75, 3.05) is 5.75 Å². The molecule has 11 heavy (non-hydrogen) atoms. The van der Waals surface area contributed by atoms with E-state index in [1.54, 1.807) is 0 Å². The second kappa shape index (κ2) is 4.04. The largest absolute Gasteiger partial charge is 0.326 e. The lowest BCUT2D eigenvalue weighted by molar-refractivity contribution is 0.437. The van der Waals surface area contributed by atoms with Crippen molar-refractivity contribution in [3.63, 3.8) is 0 Å². The minimum absolute atomic E-state index is 0.122. The Bertz CT molecular complexity index is 200. The maximum Gasteiger partial charge on any atom is 0.266 e. The zero-order valence-corrected chi connectivity index (χ0v) is 7.63. The molecule has 0 spiro atoms. The molecule has 5 heteroatoms. The van der Waals surface area contributed by atoms with Crippen LogP contribution in [0.2, 0.25) is 0 Å². The van der Waals surface area contributed by atoms with Crippen molar-refractivity contribution in [3.05, 3.63) is 0 Å². The Balaban J connectivity index is 3.98. The molecule has 2 unspecified atom stereocenters. The van der Waals surface area contributed by atoms with Crippen LogP contribution in [0.4, 0.5) is 0 Å². The molecule has 0 rings (SSSR count). The average molecular weight is 181 g/mol. The minimum Gasteiger partial charge on any atom is -0.326 e. The van der Waals surface area contributed by atoms with Crippen LogP contribution in [-0.2, 0) is 10.1 Å². The molecule has 0 radical (unpaired) electrons. The van der Waals surface area contributed by atoms with Gasteiger partial charge in [-0.1, -0.05) is 20.3 Å². The summed E-state index contributed by atoms with van der Waals surface area (Å²) in [5.74, 6) is -0.223. The molecular weight excluding hydrogens is 166 g/mol. The Hall–Kier alpha value is -0.130. The van der Waals surface area contributed by atoms with Gasteiger partial charge < -0.3 is 5.73 Å². The highest BCUT2D eigenvalue weighted by atomic mass is 32.2. The van der Waals surface area contributed by atoms with E-state index in [0.717, 1.165) is 6.42 Å². The van der Waals surface area contributed by atoms with E-state index >= 15 is 0 Å². The van der Waals surface area contributed by atoms with Gasteiger partial charge in [0.25, 0.3) is 10.1 Å². The number of hydrogen-bond acceptors (Lipinski definition) is 3. The highest BCUT2D eigenvalue weighted by Crippen LogP contribution is 2.06. The number of rotatable bonds is 4. The molecule has 0 saturated carbocycles. The van der Waals surface area contributed by atoms with Crippen molar-refractivity contribution in [3.8, 4) is 0 Å². The fourth-order valence-electron chi connectivity index (χ4n) is 0.710. The Morgan fingerprint density at radius 3 is 2.27 bits per heavy atom. The standard InChI is InChI=1S/C6H15NO3S/c1-3-5(2)6(7)4-11(8,9)10/h5-6H,3-4,7H2,1-2H3,(H,8,9,10). The Labute approximate surface area is 67.5 Å². The van der Waals surface area contributed by atoms with Crippen LogP contribution in [0.15, 0.2) is 0 Å². The van der Waals surface area contributed by atoms with Gasteiger partial charge >= 0.3 is 0 Å². The van der Waals surface area contributed by atoms with E-state index < -0.39 is 16.2 Å². The summed E-state index contributed by atoms with van der Waals surface area (Å²) in [6, 6.07) is -0.463. The maximum atomic E-state index is 10.3. The summed E-state index contributed by atoms with van der Waals surface area (Å²) in [6.45, 7) is 3.78. The van der Waals surface area contributed by atoms with Gasteiger partial charge in [0, 0.05) is 6.04 Å². The Kier molecular flexibility index (Phi) is 3.99. The summed E-state index contributed by atoms with van der Waals surface area (Å²) in [5.41, 5.74) is 5.47. The van der Waals surface area contributed by atoms with Crippen molar-refractivity contribution in [2.45, 2.75) is 26.3 Å². The molecule has 0 aromatic carbocycles. The first-order valence-electron chi connectivity index (χ1n) is 3.57. The summed E-state index contributed by atoms with van der Waals surface area (Å²) >= 11 is 0. The monoisotopic (exact) mass is 181 g/mol. The van der Waals surface area contributed by atoms with Gasteiger partial charge in [0.2, 0.25) is 0 Å². The highest BCUT2D eigenvalue weighted by molar-refractivity contribution is 7.85. The molecule has 0 amide bonds. The molecule has 0 aliphatic heterocycles. The van der Waals surface area contributed by atoms with Gasteiger partial charge in [0.15, 0.2) is 0 Å². The summed E-state index contributed by atoms with van der Waals surface area (Å²) in [6.07, 6.45) is 0.816. The first kappa shape index (κ1) is 10.9. The predicted molar refractivity (Wildman–Crippen MR) is 43.8 cm³/mol. The van der Waals surface area contributed by atoms with Crippen LogP contribution in [0.5, 0.6) is 0 Å². The van der Waals surface area contributed by atoms with Crippen LogP contribution < -0.4 is 5.73 Å². The first-order valence-corrected chi connectivity index (χ1v) is 5.18. The van der Waals surface area contributed by atoms with Gasteiger partial charge in [-0.3, -0.25) is 4.55 Å². The lowest BCUT2D eigenvalue weighted by atomic mass is 10.0. The van der Waals surface area contributed by atoms with Gasteiger partial charge in [0.05, 0.1) is 5.75 Å². The fraction of sp³-hybridized carbons (Fsp3) is 1.00. The second-order valence-electron chi connectivity index (χ2n) is 2.80. The van der Waals surface area contributed by atoms with E-state index in [1.807, 2.05) is 13.8 Å². The third-order valence-electron chi connectivity index (χ3n) is 1.78. The third-order valence-corrected chi connectivity index (χ3v) is 2.58. The molecule has 0 fully saturated rings. The van der Waals surface area contributed by atoms with Crippen LogP contribution in [-0.4, -0.2) is 24.8 Å². The topological polar surface area (TPSA) is 80.4 Å². The molecule has 0 aliphatic rings. The van der Waals surface area contributed by atoms with Gasteiger partial charge in [-0.2, -0.15) is 8.42 Å². The molecule has 68 valence electrons. The summed E-state index contributed by atoms with van der Waals surface area (Å²) in [5, 5.41) is 0. The van der Waals surface area contributed by atoms with Gasteiger partial charge in [-0.25, -0.2) is 0 Å². The van der Waals surface area contributed by atoms with Gasteiger partial charge in [-0.05, 0) is 5.92 Å². The zero-order chi connectivity index (χ0) is 9.07. The predicted octanol–water partition coefficient (Wildman–Crippen LogP) is 0.248. The third kappa shape index (κ3) is 5.17. The highest BCUT2D eigenvalue weighted by Gasteiger charge is 2.17. The van der Waals surface area contributed by atoms with Crippen molar-refractivity contribution < 1.29 is 13.0 Å². The van der Waals surface area contributed by atoms with Crippen LogP contribution in [0, 0.1) is 5.92 Å².